The van der Waals surface area contributed by atoms with Crippen LogP contribution < -0.4 is 0 Å². The molecule has 0 aliphatic carbocycles. The molecule has 0 aliphatic heterocycles. The van der Waals surface area contributed by atoms with E-state index in [0.29, 0.717) is 32.3 Å². The molecule has 0 fully saturated rings. The Morgan fingerprint density at radius 2 is 1.83 bits per heavy atom. The number of halogens is 2. The van der Waals surface area contributed by atoms with E-state index < -0.39 is 0 Å². The number of nitrogens with zero attached hydrogens (tertiary/aromatic N) is 1. The van der Waals surface area contributed by atoms with Crippen molar-refractivity contribution in [2.24, 2.45) is 0 Å². The van der Waals surface area contributed by atoms with Gasteiger partial charge in [0.1, 0.15) is 0 Å². The summed E-state index contributed by atoms with van der Waals surface area (Å²) in [5.74, 6) is 0. The molecule has 0 aliphatic rings. The lowest BCUT2D eigenvalue weighted by atomic mass is 9.99. The van der Waals surface area contributed by atoms with Crippen LogP contribution in [-0.4, -0.2) is 6.29 Å². The fourth-order valence-corrected chi connectivity index (χ4v) is 2.12. The molecule has 2 aromatic carbocycles. The van der Waals surface area contributed by atoms with E-state index >= 15 is 0 Å². The number of hydrogen-bond donors (Lipinski definition) is 0. The average Bonchev–Trinajstić information content (AvgIpc) is 2.38. The number of hydrogen-bond acceptors (Lipinski definition) is 2. The van der Waals surface area contributed by atoms with E-state index in [4.69, 9.17) is 28.5 Å². The van der Waals surface area contributed by atoms with E-state index in [1.807, 2.05) is 6.07 Å². The van der Waals surface area contributed by atoms with Crippen molar-refractivity contribution in [3.05, 3.63) is 57.6 Å². The molecule has 88 valence electrons. The van der Waals surface area contributed by atoms with Crippen LogP contribution in [0.15, 0.2) is 36.4 Å². The predicted octanol–water partition coefficient (Wildman–Crippen LogP) is 4.34. The highest BCUT2D eigenvalue weighted by Crippen LogP contribution is 2.32. The standard InChI is InChI=1S/C14H7Cl2NO/c15-11-3-2-10(8-18)13(6-11)12-4-1-9(7-17)5-14(12)16/h1-6,8H. The van der Waals surface area contributed by atoms with E-state index in [-0.39, 0.29) is 0 Å². The van der Waals surface area contributed by atoms with Gasteiger partial charge in [0.25, 0.3) is 0 Å². The number of benzene rings is 2. The van der Waals surface area contributed by atoms with Crippen molar-refractivity contribution in [1.82, 2.24) is 0 Å². The van der Waals surface area contributed by atoms with Crippen molar-refractivity contribution in [2.45, 2.75) is 0 Å². The quantitative estimate of drug-likeness (QED) is 0.765. The molecule has 0 heterocycles. The summed E-state index contributed by atoms with van der Waals surface area (Å²) in [5, 5.41) is 9.72. The maximum Gasteiger partial charge on any atom is 0.150 e. The van der Waals surface area contributed by atoms with Crippen LogP contribution in [0.2, 0.25) is 10.0 Å². The minimum atomic E-state index is 0.416. The summed E-state index contributed by atoms with van der Waals surface area (Å²) in [4.78, 5) is 11.0. The summed E-state index contributed by atoms with van der Waals surface area (Å²) in [5.41, 5.74) is 2.32. The van der Waals surface area contributed by atoms with Crippen LogP contribution in [0.1, 0.15) is 15.9 Å². The zero-order valence-electron chi connectivity index (χ0n) is 9.15. The van der Waals surface area contributed by atoms with Crippen LogP contribution in [0.25, 0.3) is 11.1 Å². The van der Waals surface area contributed by atoms with Crippen molar-refractivity contribution in [2.75, 3.05) is 0 Å². The second-order valence-electron chi connectivity index (χ2n) is 3.66. The second-order valence-corrected chi connectivity index (χ2v) is 4.50. The summed E-state index contributed by atoms with van der Waals surface area (Å²) in [6.07, 6.45) is 0.750. The molecule has 0 N–H and O–H groups in total. The maximum absolute atomic E-state index is 11.0. The monoisotopic (exact) mass is 275 g/mol. The Hall–Kier alpha value is -1.82. The lowest BCUT2D eigenvalue weighted by molar-refractivity contribution is 0.112. The smallest absolute Gasteiger partial charge is 0.150 e. The Bertz CT molecular complexity index is 659. The van der Waals surface area contributed by atoms with Gasteiger partial charge in [0.15, 0.2) is 6.29 Å². The molecule has 18 heavy (non-hydrogen) atoms. The second kappa shape index (κ2) is 5.22. The summed E-state index contributed by atoms with van der Waals surface area (Å²) >= 11 is 12.0. The third-order valence-corrected chi connectivity index (χ3v) is 3.08. The molecular weight excluding hydrogens is 269 g/mol. The zero-order chi connectivity index (χ0) is 13.1. The molecule has 0 unspecified atom stereocenters. The fraction of sp³-hybridized carbons (Fsp3) is 0. The zero-order valence-corrected chi connectivity index (χ0v) is 10.7. The van der Waals surface area contributed by atoms with Gasteiger partial charge >= 0.3 is 0 Å². The largest absolute Gasteiger partial charge is 0.298 e. The topological polar surface area (TPSA) is 40.9 Å². The minimum absolute atomic E-state index is 0.416. The first-order chi connectivity index (χ1) is 8.65. The molecule has 2 rings (SSSR count). The Kier molecular flexibility index (Phi) is 3.66. The molecule has 0 amide bonds. The Balaban J connectivity index is 2.65. The highest BCUT2D eigenvalue weighted by atomic mass is 35.5. The Morgan fingerprint density at radius 3 is 2.44 bits per heavy atom. The van der Waals surface area contributed by atoms with Gasteiger partial charge < -0.3 is 0 Å². The van der Waals surface area contributed by atoms with Gasteiger partial charge in [0.2, 0.25) is 0 Å². The third-order valence-electron chi connectivity index (χ3n) is 2.53. The van der Waals surface area contributed by atoms with Crippen LogP contribution in [0, 0.1) is 11.3 Å². The highest BCUT2D eigenvalue weighted by molar-refractivity contribution is 6.34. The van der Waals surface area contributed by atoms with E-state index in [2.05, 4.69) is 0 Å². The molecule has 0 saturated heterocycles. The van der Waals surface area contributed by atoms with Gasteiger partial charge in [-0.25, -0.2) is 0 Å². The van der Waals surface area contributed by atoms with Gasteiger partial charge in [-0.2, -0.15) is 5.26 Å². The molecule has 4 heteroatoms. The normalized spacial score (nSPS) is 9.83. The molecule has 2 nitrogen and oxygen atoms in total. The maximum atomic E-state index is 11.0. The van der Waals surface area contributed by atoms with Crippen LogP contribution in [0.5, 0.6) is 0 Å². The first-order valence-corrected chi connectivity index (χ1v) is 5.86. The van der Waals surface area contributed by atoms with Gasteiger partial charge in [-0.3, -0.25) is 4.79 Å². The number of aldehydes is 1. The number of rotatable bonds is 2. The minimum Gasteiger partial charge on any atom is -0.298 e. The van der Waals surface area contributed by atoms with Crippen LogP contribution in [-0.2, 0) is 0 Å². The van der Waals surface area contributed by atoms with E-state index in [1.54, 1.807) is 36.4 Å². The van der Waals surface area contributed by atoms with Gasteiger partial charge in [-0.05, 0) is 35.9 Å². The highest BCUT2D eigenvalue weighted by Gasteiger charge is 2.09. The Labute approximate surface area is 114 Å². The average molecular weight is 276 g/mol. The van der Waals surface area contributed by atoms with Crippen LogP contribution in [0.3, 0.4) is 0 Å². The fourth-order valence-electron chi connectivity index (χ4n) is 1.67. The first kappa shape index (κ1) is 12.6. The summed E-state index contributed by atoms with van der Waals surface area (Å²) < 4.78 is 0. The molecule has 0 bridgehead atoms. The molecule has 0 radical (unpaired) electrons. The van der Waals surface area contributed by atoms with E-state index in [9.17, 15) is 4.79 Å². The molecule has 0 saturated carbocycles. The summed E-state index contributed by atoms with van der Waals surface area (Å²) in [7, 11) is 0. The molecule has 2 aromatic rings. The number of carbonyl (C=O) groups excluding carboxylic acids is 1. The van der Waals surface area contributed by atoms with Crippen LogP contribution >= 0.6 is 23.2 Å². The van der Waals surface area contributed by atoms with Crippen LogP contribution in [0.4, 0.5) is 0 Å². The van der Waals surface area contributed by atoms with Gasteiger partial charge in [0, 0.05) is 21.2 Å². The number of nitriles is 1. The van der Waals surface area contributed by atoms with Gasteiger partial charge in [-0.1, -0.05) is 29.3 Å². The molecule has 0 aromatic heterocycles. The first-order valence-electron chi connectivity index (χ1n) is 5.10. The van der Waals surface area contributed by atoms with E-state index in [0.717, 1.165) is 6.29 Å². The lowest BCUT2D eigenvalue weighted by Crippen LogP contribution is -1.89. The van der Waals surface area contributed by atoms with Gasteiger partial charge in [0.05, 0.1) is 11.6 Å². The molecular formula is C14H7Cl2NO. The number of carbonyl (C=O) groups is 1. The van der Waals surface area contributed by atoms with Crippen molar-refractivity contribution in [3.8, 4) is 17.2 Å². The predicted molar refractivity (Wildman–Crippen MR) is 72.0 cm³/mol. The van der Waals surface area contributed by atoms with Crippen molar-refractivity contribution >= 4 is 29.5 Å². The van der Waals surface area contributed by atoms with Crippen molar-refractivity contribution < 1.29 is 4.79 Å². The SMILES string of the molecule is N#Cc1ccc(-c2cc(Cl)ccc2C=O)c(Cl)c1. The van der Waals surface area contributed by atoms with Gasteiger partial charge in [-0.15, -0.1) is 0 Å². The summed E-state index contributed by atoms with van der Waals surface area (Å²) in [6, 6.07) is 11.9. The third kappa shape index (κ3) is 2.38. The van der Waals surface area contributed by atoms with Crippen molar-refractivity contribution in [3.63, 3.8) is 0 Å². The lowest BCUT2D eigenvalue weighted by Gasteiger charge is -2.08. The Morgan fingerprint density at radius 1 is 1.06 bits per heavy atom. The summed E-state index contributed by atoms with van der Waals surface area (Å²) in [6.45, 7) is 0. The molecule has 0 atom stereocenters. The van der Waals surface area contributed by atoms with E-state index in [1.165, 1.54) is 0 Å². The molecule has 0 spiro atoms. The van der Waals surface area contributed by atoms with Crippen molar-refractivity contribution in [1.29, 1.82) is 5.26 Å².